The first kappa shape index (κ1) is 19.9. The molecular weight excluding hydrogens is 396 g/mol. The van der Waals surface area contributed by atoms with Gasteiger partial charge in [-0.25, -0.2) is 16.8 Å². The standard InChI is InChI=1S/C20H20N2O4S2/c1-16-7-5-6-8-17(16)15-27(23,24)21-19-11-13-20(14-12-19)28(25,26)22-18-9-3-2-4-10-18/h2-14,21-22H,15H2,1H3. The van der Waals surface area contributed by atoms with Crippen LogP contribution in [0.2, 0.25) is 0 Å². The van der Waals surface area contributed by atoms with Gasteiger partial charge in [-0.05, 0) is 54.4 Å². The number of aryl methyl sites for hydroxylation is 1. The van der Waals surface area contributed by atoms with Gasteiger partial charge in [-0.3, -0.25) is 9.44 Å². The molecule has 0 unspecified atom stereocenters. The molecule has 0 fully saturated rings. The van der Waals surface area contributed by atoms with Crippen LogP contribution < -0.4 is 9.44 Å². The summed E-state index contributed by atoms with van der Waals surface area (Å²) >= 11 is 0. The summed E-state index contributed by atoms with van der Waals surface area (Å²) in [6.07, 6.45) is 0. The fourth-order valence-electron chi connectivity index (χ4n) is 2.61. The fourth-order valence-corrected chi connectivity index (χ4v) is 4.97. The van der Waals surface area contributed by atoms with Crippen molar-refractivity contribution in [3.8, 4) is 0 Å². The van der Waals surface area contributed by atoms with Crippen molar-refractivity contribution >= 4 is 31.4 Å². The maximum absolute atomic E-state index is 12.4. The third-order valence-corrected chi connectivity index (χ3v) is 6.71. The first-order chi connectivity index (χ1) is 13.3. The van der Waals surface area contributed by atoms with E-state index in [9.17, 15) is 16.8 Å². The molecule has 28 heavy (non-hydrogen) atoms. The minimum absolute atomic E-state index is 0.0400. The minimum Gasteiger partial charge on any atom is -0.283 e. The lowest BCUT2D eigenvalue weighted by Gasteiger charge is -2.11. The van der Waals surface area contributed by atoms with Crippen LogP contribution in [-0.2, 0) is 25.8 Å². The lowest BCUT2D eigenvalue weighted by molar-refractivity contribution is 0.599. The Bertz CT molecular complexity index is 1160. The van der Waals surface area contributed by atoms with Gasteiger partial charge >= 0.3 is 0 Å². The summed E-state index contributed by atoms with van der Waals surface area (Å²) in [6.45, 7) is 1.85. The molecule has 8 heteroatoms. The van der Waals surface area contributed by atoms with E-state index in [1.54, 1.807) is 42.5 Å². The molecular formula is C20H20N2O4S2. The van der Waals surface area contributed by atoms with Crippen LogP contribution >= 0.6 is 0 Å². The molecule has 6 nitrogen and oxygen atoms in total. The van der Waals surface area contributed by atoms with Gasteiger partial charge in [-0.2, -0.15) is 0 Å². The summed E-state index contributed by atoms with van der Waals surface area (Å²) in [4.78, 5) is 0.0400. The zero-order valence-electron chi connectivity index (χ0n) is 15.2. The first-order valence-electron chi connectivity index (χ1n) is 8.48. The Kier molecular flexibility index (Phi) is 5.71. The van der Waals surface area contributed by atoms with Crippen LogP contribution in [0.3, 0.4) is 0 Å². The monoisotopic (exact) mass is 416 g/mol. The van der Waals surface area contributed by atoms with Crippen molar-refractivity contribution in [3.05, 3.63) is 90.0 Å². The van der Waals surface area contributed by atoms with Gasteiger partial charge in [-0.1, -0.05) is 42.5 Å². The van der Waals surface area contributed by atoms with Crippen LogP contribution in [0.15, 0.2) is 83.8 Å². The summed E-state index contributed by atoms with van der Waals surface area (Å²) in [7, 11) is -7.38. The molecule has 0 saturated carbocycles. The molecule has 3 aromatic rings. The molecule has 0 aliphatic rings. The molecule has 0 saturated heterocycles. The van der Waals surface area contributed by atoms with Crippen molar-refractivity contribution < 1.29 is 16.8 Å². The van der Waals surface area contributed by atoms with Gasteiger partial charge in [0.1, 0.15) is 0 Å². The predicted molar refractivity (Wildman–Crippen MR) is 111 cm³/mol. The SMILES string of the molecule is Cc1ccccc1CS(=O)(=O)Nc1ccc(S(=O)(=O)Nc2ccccc2)cc1. The van der Waals surface area contributed by atoms with Crippen LogP contribution in [-0.4, -0.2) is 16.8 Å². The topological polar surface area (TPSA) is 92.3 Å². The highest BCUT2D eigenvalue weighted by molar-refractivity contribution is 7.92. The maximum Gasteiger partial charge on any atom is 0.261 e. The third-order valence-electron chi connectivity index (χ3n) is 4.07. The molecule has 0 bridgehead atoms. The Balaban J connectivity index is 1.73. The van der Waals surface area contributed by atoms with Crippen LogP contribution in [0.5, 0.6) is 0 Å². The zero-order valence-corrected chi connectivity index (χ0v) is 16.8. The maximum atomic E-state index is 12.4. The van der Waals surface area contributed by atoms with Gasteiger partial charge in [0, 0.05) is 11.4 Å². The predicted octanol–water partition coefficient (Wildman–Crippen LogP) is 3.74. The highest BCUT2D eigenvalue weighted by Gasteiger charge is 2.16. The van der Waals surface area contributed by atoms with Crippen LogP contribution in [0.4, 0.5) is 11.4 Å². The number of anilines is 2. The number of nitrogens with one attached hydrogen (secondary N) is 2. The van der Waals surface area contributed by atoms with E-state index < -0.39 is 20.0 Å². The number of sulfonamides is 2. The van der Waals surface area contributed by atoms with Crippen LogP contribution in [0.25, 0.3) is 0 Å². The van der Waals surface area contributed by atoms with E-state index in [2.05, 4.69) is 9.44 Å². The number of hydrogen-bond acceptors (Lipinski definition) is 4. The normalized spacial score (nSPS) is 11.8. The Hall–Kier alpha value is -2.84. The molecule has 2 N–H and O–H groups in total. The number of benzene rings is 3. The van der Waals surface area contributed by atoms with E-state index in [1.807, 2.05) is 19.1 Å². The quantitative estimate of drug-likeness (QED) is 0.614. The molecule has 0 radical (unpaired) electrons. The Morgan fingerprint density at radius 1 is 0.679 bits per heavy atom. The summed E-state index contributed by atoms with van der Waals surface area (Å²) in [6, 6.07) is 21.3. The smallest absolute Gasteiger partial charge is 0.261 e. The highest BCUT2D eigenvalue weighted by atomic mass is 32.2. The molecule has 0 amide bonds. The van der Waals surface area contributed by atoms with E-state index in [1.165, 1.54) is 24.3 Å². The number of para-hydroxylation sites is 1. The molecule has 0 aromatic heterocycles. The first-order valence-corrected chi connectivity index (χ1v) is 11.6. The molecule has 0 heterocycles. The fraction of sp³-hybridized carbons (Fsp3) is 0.100. The van der Waals surface area contributed by atoms with Gasteiger partial charge in [0.2, 0.25) is 10.0 Å². The van der Waals surface area contributed by atoms with E-state index >= 15 is 0 Å². The number of rotatable bonds is 7. The Morgan fingerprint density at radius 2 is 1.25 bits per heavy atom. The molecule has 0 aliphatic heterocycles. The molecule has 146 valence electrons. The van der Waals surface area contributed by atoms with E-state index in [4.69, 9.17) is 0 Å². The zero-order chi connectivity index (χ0) is 20.2. The molecule has 0 spiro atoms. The average Bonchev–Trinajstić information content (AvgIpc) is 2.64. The van der Waals surface area contributed by atoms with Crippen LogP contribution in [0.1, 0.15) is 11.1 Å². The largest absolute Gasteiger partial charge is 0.283 e. The van der Waals surface area contributed by atoms with Crippen molar-refractivity contribution in [2.24, 2.45) is 0 Å². The Morgan fingerprint density at radius 3 is 1.89 bits per heavy atom. The molecule has 0 aliphatic carbocycles. The molecule has 3 aromatic carbocycles. The van der Waals surface area contributed by atoms with Gasteiger partial charge < -0.3 is 0 Å². The average molecular weight is 417 g/mol. The van der Waals surface area contributed by atoms with E-state index in [0.717, 1.165) is 5.56 Å². The highest BCUT2D eigenvalue weighted by Crippen LogP contribution is 2.20. The lowest BCUT2D eigenvalue weighted by atomic mass is 10.1. The number of hydrogen-bond donors (Lipinski definition) is 2. The summed E-state index contributed by atoms with van der Waals surface area (Å²) in [5.74, 6) is -0.157. The lowest BCUT2D eigenvalue weighted by Crippen LogP contribution is -2.16. The summed E-state index contributed by atoms with van der Waals surface area (Å²) in [5.41, 5.74) is 2.35. The van der Waals surface area contributed by atoms with Crippen molar-refractivity contribution in [3.63, 3.8) is 0 Å². The van der Waals surface area contributed by atoms with Crippen molar-refractivity contribution in [1.82, 2.24) is 0 Å². The molecule has 3 rings (SSSR count). The van der Waals surface area contributed by atoms with Gasteiger partial charge in [0.05, 0.1) is 10.6 Å². The van der Waals surface area contributed by atoms with Crippen molar-refractivity contribution in [2.75, 3.05) is 9.44 Å². The molecule has 0 atom stereocenters. The van der Waals surface area contributed by atoms with E-state index in [-0.39, 0.29) is 10.6 Å². The van der Waals surface area contributed by atoms with Crippen LogP contribution in [0, 0.1) is 6.92 Å². The van der Waals surface area contributed by atoms with Crippen molar-refractivity contribution in [1.29, 1.82) is 0 Å². The van der Waals surface area contributed by atoms with Gasteiger partial charge in [0.15, 0.2) is 0 Å². The summed E-state index contributed by atoms with van der Waals surface area (Å²) < 4.78 is 54.6. The minimum atomic E-state index is -3.76. The second-order valence-electron chi connectivity index (χ2n) is 6.28. The second-order valence-corrected chi connectivity index (χ2v) is 9.69. The van der Waals surface area contributed by atoms with Crippen molar-refractivity contribution in [2.45, 2.75) is 17.6 Å². The second kappa shape index (κ2) is 8.04. The third kappa shape index (κ3) is 5.11. The Labute approximate surface area is 165 Å². The van der Waals surface area contributed by atoms with Gasteiger partial charge in [-0.15, -0.1) is 0 Å². The van der Waals surface area contributed by atoms with E-state index in [0.29, 0.717) is 16.9 Å². The van der Waals surface area contributed by atoms with Gasteiger partial charge in [0.25, 0.3) is 10.0 Å². The summed E-state index contributed by atoms with van der Waals surface area (Å²) in [5, 5.41) is 0.